The normalized spacial score (nSPS) is 12.4. The van der Waals surface area contributed by atoms with Gasteiger partial charge in [-0.15, -0.1) is 0 Å². The smallest absolute Gasteiger partial charge is 0.141 e. The van der Waals surface area contributed by atoms with Crippen LogP contribution >= 0.6 is 27.5 Å². The predicted octanol–water partition coefficient (Wildman–Crippen LogP) is 4.52. The molecule has 0 aliphatic carbocycles. The lowest BCUT2D eigenvalue weighted by molar-refractivity contribution is 0.178. The number of benzene rings is 2. The number of hydrogen-bond donors (Lipinski definition) is 1. The van der Waals surface area contributed by atoms with E-state index in [9.17, 15) is 9.50 Å². The van der Waals surface area contributed by atoms with E-state index in [0.29, 0.717) is 12.0 Å². The van der Waals surface area contributed by atoms with Crippen molar-refractivity contribution in [1.82, 2.24) is 0 Å². The van der Waals surface area contributed by atoms with Crippen LogP contribution in [0.3, 0.4) is 0 Å². The van der Waals surface area contributed by atoms with Crippen molar-refractivity contribution in [2.24, 2.45) is 0 Å². The van der Waals surface area contributed by atoms with Gasteiger partial charge in [-0.1, -0.05) is 51.8 Å². The first kappa shape index (κ1) is 13.5. The lowest BCUT2D eigenvalue weighted by Crippen LogP contribution is -2.02. The summed E-state index contributed by atoms with van der Waals surface area (Å²) in [6.07, 6.45) is -0.259. The third-order valence-corrected chi connectivity index (χ3v) is 3.76. The molecular weight excluding hydrogens is 319 g/mol. The Bertz CT molecular complexity index is 559. The molecule has 4 heteroatoms. The van der Waals surface area contributed by atoms with Gasteiger partial charge in [0.15, 0.2) is 0 Å². The highest BCUT2D eigenvalue weighted by Gasteiger charge is 2.12. The molecule has 0 aliphatic heterocycles. The van der Waals surface area contributed by atoms with Crippen LogP contribution in [0.4, 0.5) is 4.39 Å². The lowest BCUT2D eigenvalue weighted by Gasteiger charge is -2.12. The molecule has 0 saturated heterocycles. The van der Waals surface area contributed by atoms with Crippen LogP contribution in [-0.4, -0.2) is 5.11 Å². The van der Waals surface area contributed by atoms with Gasteiger partial charge < -0.3 is 5.11 Å². The van der Waals surface area contributed by atoms with Crippen LogP contribution in [0.2, 0.25) is 5.02 Å². The van der Waals surface area contributed by atoms with Gasteiger partial charge in [0, 0.05) is 10.9 Å². The highest BCUT2D eigenvalue weighted by Crippen LogP contribution is 2.26. The van der Waals surface area contributed by atoms with Crippen LogP contribution in [0, 0.1) is 5.82 Å². The molecule has 0 spiro atoms. The van der Waals surface area contributed by atoms with Gasteiger partial charge in [0.25, 0.3) is 0 Å². The van der Waals surface area contributed by atoms with Crippen molar-refractivity contribution in [2.75, 3.05) is 0 Å². The van der Waals surface area contributed by atoms with E-state index in [1.807, 2.05) is 24.3 Å². The maximum absolute atomic E-state index is 13.0. The van der Waals surface area contributed by atoms with Crippen LogP contribution in [-0.2, 0) is 6.42 Å². The Morgan fingerprint density at radius 1 is 1.22 bits per heavy atom. The van der Waals surface area contributed by atoms with Crippen molar-refractivity contribution in [3.63, 3.8) is 0 Å². The zero-order chi connectivity index (χ0) is 13.1. The van der Waals surface area contributed by atoms with Crippen LogP contribution in [0.5, 0.6) is 0 Å². The molecule has 1 unspecified atom stereocenters. The Morgan fingerprint density at radius 2 is 1.94 bits per heavy atom. The van der Waals surface area contributed by atoms with Crippen molar-refractivity contribution >= 4 is 27.5 Å². The molecule has 94 valence electrons. The molecule has 2 aromatic carbocycles. The molecule has 18 heavy (non-hydrogen) atoms. The Hall–Kier alpha value is -0.900. The van der Waals surface area contributed by atoms with Gasteiger partial charge in [-0.2, -0.15) is 0 Å². The summed E-state index contributed by atoms with van der Waals surface area (Å²) in [5.41, 5.74) is 1.60. The molecule has 0 amide bonds. The van der Waals surface area contributed by atoms with E-state index < -0.39 is 11.9 Å². The molecule has 0 bridgehead atoms. The minimum Gasteiger partial charge on any atom is -0.388 e. The average Bonchev–Trinajstić information content (AvgIpc) is 2.35. The molecule has 0 saturated carbocycles. The van der Waals surface area contributed by atoms with E-state index in [1.54, 1.807) is 6.07 Å². The maximum Gasteiger partial charge on any atom is 0.141 e. The fraction of sp³-hybridized carbons (Fsp3) is 0.143. The van der Waals surface area contributed by atoms with Gasteiger partial charge in [-0.25, -0.2) is 4.39 Å². The van der Waals surface area contributed by atoms with E-state index >= 15 is 0 Å². The lowest BCUT2D eigenvalue weighted by atomic mass is 10.0. The first-order chi connectivity index (χ1) is 8.58. The second-order valence-corrected chi connectivity index (χ2v) is 5.25. The van der Waals surface area contributed by atoms with E-state index in [0.717, 1.165) is 10.0 Å². The summed E-state index contributed by atoms with van der Waals surface area (Å²) in [7, 11) is 0. The summed E-state index contributed by atoms with van der Waals surface area (Å²) < 4.78 is 14.0. The number of rotatable bonds is 3. The quantitative estimate of drug-likeness (QED) is 0.878. The van der Waals surface area contributed by atoms with Crippen LogP contribution in [0.25, 0.3) is 0 Å². The van der Waals surface area contributed by atoms with Gasteiger partial charge in [-0.3, -0.25) is 0 Å². The van der Waals surface area contributed by atoms with Gasteiger partial charge in [-0.05, 0) is 29.3 Å². The van der Waals surface area contributed by atoms with Gasteiger partial charge >= 0.3 is 0 Å². The van der Waals surface area contributed by atoms with E-state index in [2.05, 4.69) is 15.9 Å². The van der Waals surface area contributed by atoms with E-state index in [-0.39, 0.29) is 5.02 Å². The summed E-state index contributed by atoms with van der Waals surface area (Å²) in [6.45, 7) is 0. The van der Waals surface area contributed by atoms with Crippen LogP contribution in [0.15, 0.2) is 46.9 Å². The number of aliphatic hydroxyl groups is 1. The first-order valence-corrected chi connectivity index (χ1v) is 6.61. The molecule has 0 radical (unpaired) electrons. The monoisotopic (exact) mass is 328 g/mol. The van der Waals surface area contributed by atoms with Crippen LogP contribution < -0.4 is 0 Å². The molecule has 1 nitrogen and oxygen atoms in total. The number of aliphatic hydroxyl groups excluding tert-OH is 1. The fourth-order valence-electron chi connectivity index (χ4n) is 1.71. The SMILES string of the molecule is OC(Cc1ccccc1Br)c1ccc(F)c(Cl)c1. The predicted molar refractivity (Wildman–Crippen MR) is 74.2 cm³/mol. The molecule has 0 aliphatic rings. The minimum atomic E-state index is -0.707. The van der Waals surface area contributed by atoms with Crippen molar-refractivity contribution < 1.29 is 9.50 Å². The number of hydrogen-bond acceptors (Lipinski definition) is 1. The highest BCUT2D eigenvalue weighted by atomic mass is 79.9. The molecule has 0 fully saturated rings. The number of halogens is 3. The average molecular weight is 330 g/mol. The Labute approximate surface area is 118 Å². The third kappa shape index (κ3) is 3.10. The second-order valence-electron chi connectivity index (χ2n) is 3.98. The topological polar surface area (TPSA) is 20.2 Å². The molecule has 1 atom stereocenters. The Balaban J connectivity index is 2.19. The minimum absolute atomic E-state index is 0.0266. The molecular formula is C14H11BrClFO. The zero-order valence-corrected chi connectivity index (χ0v) is 11.7. The van der Waals surface area contributed by atoms with Crippen LogP contribution in [0.1, 0.15) is 17.2 Å². The maximum atomic E-state index is 13.0. The molecule has 2 rings (SSSR count). The fourth-order valence-corrected chi connectivity index (χ4v) is 2.35. The first-order valence-electron chi connectivity index (χ1n) is 5.44. The standard InChI is InChI=1S/C14H11BrClFO/c15-11-4-2-1-3-9(11)8-14(18)10-5-6-13(17)12(16)7-10/h1-7,14,18H,8H2. The van der Waals surface area contributed by atoms with Crippen molar-refractivity contribution in [2.45, 2.75) is 12.5 Å². The summed E-state index contributed by atoms with van der Waals surface area (Å²) in [4.78, 5) is 0. The van der Waals surface area contributed by atoms with Gasteiger partial charge in [0.2, 0.25) is 0 Å². The third-order valence-electron chi connectivity index (χ3n) is 2.70. The van der Waals surface area contributed by atoms with Crippen molar-refractivity contribution in [3.05, 3.63) is 68.9 Å². The van der Waals surface area contributed by atoms with E-state index in [1.165, 1.54) is 12.1 Å². The van der Waals surface area contributed by atoms with Crippen molar-refractivity contribution in [3.8, 4) is 0 Å². The second kappa shape index (κ2) is 5.83. The zero-order valence-electron chi connectivity index (χ0n) is 9.41. The summed E-state index contributed by atoms with van der Waals surface area (Å²) in [6, 6.07) is 11.9. The summed E-state index contributed by atoms with van der Waals surface area (Å²) in [5, 5.41) is 10.1. The largest absolute Gasteiger partial charge is 0.388 e. The summed E-state index contributed by atoms with van der Waals surface area (Å²) in [5.74, 6) is -0.478. The van der Waals surface area contributed by atoms with Gasteiger partial charge in [0.05, 0.1) is 11.1 Å². The molecule has 0 aromatic heterocycles. The Kier molecular flexibility index (Phi) is 4.38. The molecule has 0 heterocycles. The van der Waals surface area contributed by atoms with Gasteiger partial charge in [0.1, 0.15) is 5.82 Å². The molecule has 1 N–H and O–H groups in total. The highest BCUT2D eigenvalue weighted by molar-refractivity contribution is 9.10. The molecule has 2 aromatic rings. The van der Waals surface area contributed by atoms with E-state index in [4.69, 9.17) is 11.6 Å². The van der Waals surface area contributed by atoms with Crippen molar-refractivity contribution in [1.29, 1.82) is 0 Å². The summed E-state index contributed by atoms with van der Waals surface area (Å²) >= 11 is 9.12. The Morgan fingerprint density at radius 3 is 2.61 bits per heavy atom.